The molecule has 2 N–H and O–H groups in total. The fourth-order valence-corrected chi connectivity index (χ4v) is 3.28. The Balaban J connectivity index is 1.57. The number of ether oxygens (including phenoxy) is 1. The molecule has 0 radical (unpaired) electrons. The minimum absolute atomic E-state index is 0.00100. The number of amides is 1. The van der Waals surface area contributed by atoms with E-state index in [9.17, 15) is 9.90 Å². The number of hydrogen-bond acceptors (Lipinski definition) is 3. The Kier molecular flexibility index (Phi) is 5.71. The van der Waals surface area contributed by atoms with Gasteiger partial charge in [-0.1, -0.05) is 42.0 Å². The number of rotatable bonds is 5. The summed E-state index contributed by atoms with van der Waals surface area (Å²) in [5.41, 5.74) is 3.31. The zero-order valence-electron chi connectivity index (χ0n) is 14.6. The van der Waals surface area contributed by atoms with Crippen LogP contribution < -0.4 is 5.32 Å². The van der Waals surface area contributed by atoms with E-state index in [4.69, 9.17) is 4.74 Å². The quantitative estimate of drug-likeness (QED) is 0.876. The highest BCUT2D eigenvalue weighted by Crippen LogP contribution is 2.33. The summed E-state index contributed by atoms with van der Waals surface area (Å²) in [4.78, 5) is 12.2. The van der Waals surface area contributed by atoms with E-state index in [1.54, 1.807) is 24.3 Å². The average Bonchev–Trinajstić information content (AvgIpc) is 2.63. The molecular formula is C21H25NO3. The predicted octanol–water partition coefficient (Wildman–Crippen LogP) is 3.53. The molecule has 0 unspecified atom stereocenters. The van der Waals surface area contributed by atoms with Crippen molar-refractivity contribution >= 4 is 5.91 Å². The van der Waals surface area contributed by atoms with Crippen LogP contribution in [0.3, 0.4) is 0 Å². The summed E-state index contributed by atoms with van der Waals surface area (Å²) in [6, 6.07) is 15.2. The van der Waals surface area contributed by atoms with Crippen molar-refractivity contribution in [2.24, 2.45) is 5.92 Å². The second kappa shape index (κ2) is 8.17. The van der Waals surface area contributed by atoms with Gasteiger partial charge in [0.05, 0.1) is 12.5 Å². The van der Waals surface area contributed by atoms with Crippen LogP contribution in [0.2, 0.25) is 0 Å². The molecule has 0 aliphatic carbocycles. The number of hydrogen-bond donors (Lipinski definition) is 2. The van der Waals surface area contributed by atoms with Crippen molar-refractivity contribution in [3.8, 4) is 5.75 Å². The van der Waals surface area contributed by atoms with E-state index in [2.05, 4.69) is 36.5 Å². The lowest BCUT2D eigenvalue weighted by Gasteiger charge is -2.32. The zero-order chi connectivity index (χ0) is 17.6. The van der Waals surface area contributed by atoms with Gasteiger partial charge in [-0.05, 0) is 43.0 Å². The monoisotopic (exact) mass is 339 g/mol. The van der Waals surface area contributed by atoms with Crippen LogP contribution in [0.4, 0.5) is 0 Å². The lowest BCUT2D eigenvalue weighted by Crippen LogP contribution is -2.35. The van der Waals surface area contributed by atoms with Gasteiger partial charge in [0.1, 0.15) is 5.75 Å². The van der Waals surface area contributed by atoms with Crippen molar-refractivity contribution < 1.29 is 14.6 Å². The first-order valence-electron chi connectivity index (χ1n) is 8.84. The Morgan fingerprint density at radius 3 is 2.60 bits per heavy atom. The molecule has 3 rings (SSSR count). The summed E-state index contributed by atoms with van der Waals surface area (Å²) in [6.45, 7) is 3.47. The molecule has 25 heavy (non-hydrogen) atoms. The maximum absolute atomic E-state index is 12.2. The zero-order valence-corrected chi connectivity index (χ0v) is 14.6. The number of benzene rings is 2. The lowest BCUT2D eigenvalue weighted by atomic mass is 9.89. The second-order valence-electron chi connectivity index (χ2n) is 6.75. The molecule has 0 aromatic heterocycles. The molecule has 2 atom stereocenters. The van der Waals surface area contributed by atoms with Crippen LogP contribution in [0.1, 0.15) is 35.6 Å². The predicted molar refractivity (Wildman–Crippen MR) is 97.4 cm³/mol. The van der Waals surface area contributed by atoms with Gasteiger partial charge >= 0.3 is 0 Å². The van der Waals surface area contributed by atoms with E-state index in [0.29, 0.717) is 18.9 Å². The number of phenolic OH excluding ortho intramolecular Hbond substituents is 1. The number of nitrogens with one attached hydrogen (secondary N) is 1. The van der Waals surface area contributed by atoms with Crippen molar-refractivity contribution in [2.45, 2.75) is 32.3 Å². The summed E-state index contributed by atoms with van der Waals surface area (Å²) in [7, 11) is 0. The molecule has 0 bridgehead atoms. The molecule has 1 heterocycles. The number of phenols is 1. The second-order valence-corrected chi connectivity index (χ2v) is 6.75. The fourth-order valence-electron chi connectivity index (χ4n) is 3.28. The highest BCUT2D eigenvalue weighted by Gasteiger charge is 2.27. The van der Waals surface area contributed by atoms with Crippen LogP contribution in [0, 0.1) is 12.8 Å². The summed E-state index contributed by atoms with van der Waals surface area (Å²) in [5, 5.41) is 12.3. The molecule has 1 fully saturated rings. The Hall–Kier alpha value is -2.33. The molecular weight excluding hydrogens is 314 g/mol. The summed E-state index contributed by atoms with van der Waals surface area (Å²) in [5.74, 6) is 0.503. The normalized spacial score (nSPS) is 20.2. The van der Waals surface area contributed by atoms with Gasteiger partial charge in [-0.15, -0.1) is 0 Å². The van der Waals surface area contributed by atoms with Gasteiger partial charge in [0.25, 0.3) is 0 Å². The number of carbonyl (C=O) groups excluding carboxylic acids is 1. The van der Waals surface area contributed by atoms with E-state index in [-0.39, 0.29) is 17.8 Å². The fraction of sp³-hybridized carbons (Fsp3) is 0.381. The molecule has 2 aromatic carbocycles. The SMILES string of the molecule is Cc1ccc([C@@H]2OCCC[C@H]2CNC(=O)Cc2ccc(O)cc2)cc1. The number of aryl methyl sites for hydroxylation is 1. The molecule has 0 spiro atoms. The summed E-state index contributed by atoms with van der Waals surface area (Å²) < 4.78 is 6.00. The Labute approximate surface area is 148 Å². The van der Waals surface area contributed by atoms with Crippen LogP contribution in [0.15, 0.2) is 48.5 Å². The molecule has 4 heteroatoms. The van der Waals surface area contributed by atoms with Crippen LogP contribution in [-0.2, 0) is 16.0 Å². The van der Waals surface area contributed by atoms with E-state index in [0.717, 1.165) is 25.0 Å². The molecule has 4 nitrogen and oxygen atoms in total. The van der Waals surface area contributed by atoms with Crippen molar-refractivity contribution in [1.29, 1.82) is 0 Å². The van der Waals surface area contributed by atoms with E-state index < -0.39 is 0 Å². The van der Waals surface area contributed by atoms with Gasteiger partial charge in [0.15, 0.2) is 0 Å². The van der Waals surface area contributed by atoms with Crippen molar-refractivity contribution in [2.75, 3.05) is 13.2 Å². The van der Waals surface area contributed by atoms with Gasteiger partial charge in [-0.2, -0.15) is 0 Å². The Morgan fingerprint density at radius 2 is 1.88 bits per heavy atom. The first-order chi connectivity index (χ1) is 12.1. The minimum Gasteiger partial charge on any atom is -0.508 e. The maximum Gasteiger partial charge on any atom is 0.224 e. The Bertz CT molecular complexity index is 694. The van der Waals surface area contributed by atoms with Gasteiger partial charge in [0.2, 0.25) is 5.91 Å². The average molecular weight is 339 g/mol. The molecule has 1 aliphatic rings. The van der Waals surface area contributed by atoms with Crippen LogP contribution in [-0.4, -0.2) is 24.2 Å². The standard InChI is InChI=1S/C21H25NO3/c1-15-4-8-17(9-5-15)21-18(3-2-12-25-21)14-22-20(24)13-16-6-10-19(23)11-7-16/h4-11,18,21,23H,2-3,12-14H2,1H3,(H,22,24)/t18-,21-/m0/s1. The van der Waals surface area contributed by atoms with Gasteiger partial charge in [0, 0.05) is 19.1 Å². The van der Waals surface area contributed by atoms with E-state index >= 15 is 0 Å². The Morgan fingerprint density at radius 1 is 1.16 bits per heavy atom. The molecule has 1 amide bonds. The summed E-state index contributed by atoms with van der Waals surface area (Å²) >= 11 is 0. The third kappa shape index (κ3) is 4.83. The van der Waals surface area contributed by atoms with E-state index in [1.807, 2.05) is 0 Å². The highest BCUT2D eigenvalue weighted by atomic mass is 16.5. The topological polar surface area (TPSA) is 58.6 Å². The first-order valence-corrected chi connectivity index (χ1v) is 8.84. The number of carbonyl (C=O) groups is 1. The third-order valence-corrected chi connectivity index (χ3v) is 4.71. The smallest absolute Gasteiger partial charge is 0.224 e. The molecule has 1 saturated heterocycles. The van der Waals surface area contributed by atoms with Gasteiger partial charge in [-0.25, -0.2) is 0 Å². The number of aromatic hydroxyl groups is 1. The highest BCUT2D eigenvalue weighted by molar-refractivity contribution is 5.78. The van der Waals surface area contributed by atoms with Crippen LogP contribution >= 0.6 is 0 Å². The van der Waals surface area contributed by atoms with Crippen molar-refractivity contribution in [3.63, 3.8) is 0 Å². The van der Waals surface area contributed by atoms with Crippen molar-refractivity contribution in [1.82, 2.24) is 5.32 Å². The molecule has 1 aliphatic heterocycles. The van der Waals surface area contributed by atoms with Crippen LogP contribution in [0.5, 0.6) is 5.75 Å². The first kappa shape index (κ1) is 17.5. The minimum atomic E-state index is -0.00100. The third-order valence-electron chi connectivity index (χ3n) is 4.71. The lowest BCUT2D eigenvalue weighted by molar-refractivity contribution is -0.121. The van der Waals surface area contributed by atoms with Gasteiger partial charge in [-0.3, -0.25) is 4.79 Å². The van der Waals surface area contributed by atoms with E-state index in [1.165, 1.54) is 11.1 Å². The molecule has 132 valence electrons. The molecule has 0 saturated carbocycles. The van der Waals surface area contributed by atoms with Gasteiger partial charge < -0.3 is 15.2 Å². The van der Waals surface area contributed by atoms with Crippen molar-refractivity contribution in [3.05, 3.63) is 65.2 Å². The largest absolute Gasteiger partial charge is 0.508 e. The molecule has 2 aromatic rings. The summed E-state index contributed by atoms with van der Waals surface area (Å²) in [6.07, 6.45) is 2.45. The van der Waals surface area contributed by atoms with Crippen LogP contribution in [0.25, 0.3) is 0 Å². The maximum atomic E-state index is 12.2.